The lowest BCUT2D eigenvalue weighted by molar-refractivity contribution is 0.0791. The highest BCUT2D eigenvalue weighted by atomic mass is 16.2. The summed E-state index contributed by atoms with van der Waals surface area (Å²) in [7, 11) is 1.87. The number of hydrogen-bond donors (Lipinski definition) is 0. The van der Waals surface area contributed by atoms with E-state index in [-0.39, 0.29) is 5.91 Å². The average molecular weight is 340 g/mol. The first-order valence-corrected chi connectivity index (χ1v) is 9.26. The van der Waals surface area contributed by atoms with E-state index in [4.69, 9.17) is 0 Å². The molecule has 1 aliphatic heterocycles. The molecule has 0 aliphatic carbocycles. The van der Waals surface area contributed by atoms with Gasteiger partial charge in [-0.15, -0.1) is 0 Å². The molecule has 5 nitrogen and oxygen atoms in total. The van der Waals surface area contributed by atoms with Gasteiger partial charge in [-0.25, -0.2) is 0 Å². The molecule has 25 heavy (non-hydrogen) atoms. The zero-order valence-corrected chi connectivity index (χ0v) is 15.1. The fourth-order valence-electron chi connectivity index (χ4n) is 3.35. The Bertz CT molecular complexity index is 645. The predicted octanol–water partition coefficient (Wildman–Crippen LogP) is 3.03. The van der Waals surface area contributed by atoms with Crippen molar-refractivity contribution in [3.63, 3.8) is 0 Å². The average Bonchev–Trinajstić information content (AvgIpc) is 3.16. The molecule has 1 amide bonds. The largest absolute Gasteiger partial charge is 0.342 e. The molecule has 1 aromatic carbocycles. The molecule has 0 spiro atoms. The van der Waals surface area contributed by atoms with Gasteiger partial charge in [-0.2, -0.15) is 5.10 Å². The summed E-state index contributed by atoms with van der Waals surface area (Å²) in [6, 6.07) is 10.0. The first-order valence-electron chi connectivity index (χ1n) is 9.26. The standard InChI is InChI=1S/C20H28N4O/c1-22(12-6-16-24-15-5-11-21-24)20(25)19-9-7-18(8-10-19)17-23-13-3-2-4-14-23/h5,7-11,15H,2-4,6,12-14,16-17H2,1H3. The van der Waals surface area contributed by atoms with Crippen LogP contribution in [-0.4, -0.2) is 52.2 Å². The van der Waals surface area contributed by atoms with E-state index in [0.717, 1.165) is 31.6 Å². The fourth-order valence-corrected chi connectivity index (χ4v) is 3.35. The minimum atomic E-state index is 0.0880. The maximum absolute atomic E-state index is 12.5. The Balaban J connectivity index is 1.47. The molecular weight excluding hydrogens is 312 g/mol. The number of carbonyl (C=O) groups is 1. The lowest BCUT2D eigenvalue weighted by atomic mass is 10.1. The van der Waals surface area contributed by atoms with Crippen molar-refractivity contribution in [1.82, 2.24) is 19.6 Å². The number of piperidine rings is 1. The molecule has 1 aliphatic rings. The smallest absolute Gasteiger partial charge is 0.253 e. The number of benzene rings is 1. The van der Waals surface area contributed by atoms with Crippen LogP contribution in [0.1, 0.15) is 41.6 Å². The van der Waals surface area contributed by atoms with Gasteiger partial charge >= 0.3 is 0 Å². The van der Waals surface area contributed by atoms with E-state index in [9.17, 15) is 4.79 Å². The van der Waals surface area contributed by atoms with Gasteiger partial charge in [0.05, 0.1) is 0 Å². The van der Waals surface area contributed by atoms with Crippen molar-refractivity contribution >= 4 is 5.91 Å². The third kappa shape index (κ3) is 5.16. The summed E-state index contributed by atoms with van der Waals surface area (Å²) >= 11 is 0. The highest BCUT2D eigenvalue weighted by molar-refractivity contribution is 5.94. The molecule has 2 heterocycles. The lowest BCUT2D eigenvalue weighted by Crippen LogP contribution is -2.29. The zero-order valence-electron chi connectivity index (χ0n) is 15.1. The van der Waals surface area contributed by atoms with Gasteiger partial charge in [-0.1, -0.05) is 18.6 Å². The van der Waals surface area contributed by atoms with Crippen LogP contribution in [0.3, 0.4) is 0 Å². The third-order valence-electron chi connectivity index (χ3n) is 4.84. The summed E-state index contributed by atoms with van der Waals surface area (Å²) in [5.74, 6) is 0.0880. The second-order valence-corrected chi connectivity index (χ2v) is 6.88. The molecular formula is C20H28N4O. The van der Waals surface area contributed by atoms with Crippen LogP contribution in [0.2, 0.25) is 0 Å². The summed E-state index contributed by atoms with van der Waals surface area (Å²) < 4.78 is 1.90. The van der Waals surface area contributed by atoms with Crippen LogP contribution in [0.4, 0.5) is 0 Å². The van der Waals surface area contributed by atoms with E-state index in [1.165, 1.54) is 37.9 Å². The summed E-state index contributed by atoms with van der Waals surface area (Å²) in [5, 5.41) is 4.18. The quantitative estimate of drug-likeness (QED) is 0.778. The summed E-state index contributed by atoms with van der Waals surface area (Å²) in [5.41, 5.74) is 2.06. The Kier molecular flexibility index (Phi) is 6.23. The second-order valence-electron chi connectivity index (χ2n) is 6.88. The lowest BCUT2D eigenvalue weighted by Gasteiger charge is -2.26. The van der Waals surface area contributed by atoms with E-state index >= 15 is 0 Å². The summed E-state index contributed by atoms with van der Waals surface area (Å²) in [6.45, 7) is 4.95. The molecule has 2 aromatic rings. The minimum absolute atomic E-state index is 0.0880. The predicted molar refractivity (Wildman–Crippen MR) is 99.4 cm³/mol. The van der Waals surface area contributed by atoms with Gasteiger partial charge in [0.2, 0.25) is 0 Å². The molecule has 0 bridgehead atoms. The van der Waals surface area contributed by atoms with Gasteiger partial charge in [0.15, 0.2) is 0 Å². The van der Waals surface area contributed by atoms with Crippen LogP contribution >= 0.6 is 0 Å². The van der Waals surface area contributed by atoms with Crippen molar-refractivity contribution in [2.45, 2.75) is 38.8 Å². The molecule has 134 valence electrons. The van der Waals surface area contributed by atoms with E-state index in [1.807, 2.05) is 36.1 Å². The maximum atomic E-state index is 12.5. The van der Waals surface area contributed by atoms with Crippen molar-refractivity contribution < 1.29 is 4.79 Å². The van der Waals surface area contributed by atoms with Crippen molar-refractivity contribution in [2.75, 3.05) is 26.7 Å². The first-order chi connectivity index (χ1) is 12.2. The highest BCUT2D eigenvalue weighted by Gasteiger charge is 2.13. The van der Waals surface area contributed by atoms with Crippen molar-refractivity contribution in [3.8, 4) is 0 Å². The Morgan fingerprint density at radius 2 is 1.92 bits per heavy atom. The molecule has 0 atom stereocenters. The van der Waals surface area contributed by atoms with Crippen LogP contribution in [0, 0.1) is 0 Å². The number of hydrogen-bond acceptors (Lipinski definition) is 3. The number of likely N-dealkylation sites (tertiary alicyclic amines) is 1. The number of aryl methyl sites for hydroxylation is 1. The number of carbonyl (C=O) groups excluding carboxylic acids is 1. The maximum Gasteiger partial charge on any atom is 0.253 e. The van der Waals surface area contributed by atoms with E-state index in [2.05, 4.69) is 22.1 Å². The Labute approximate surface area is 150 Å². The van der Waals surface area contributed by atoms with E-state index < -0.39 is 0 Å². The minimum Gasteiger partial charge on any atom is -0.342 e. The van der Waals surface area contributed by atoms with Gasteiger partial charge in [-0.05, 0) is 56.1 Å². The molecule has 0 unspecified atom stereocenters. The highest BCUT2D eigenvalue weighted by Crippen LogP contribution is 2.14. The molecule has 0 radical (unpaired) electrons. The molecule has 3 rings (SSSR count). The third-order valence-corrected chi connectivity index (χ3v) is 4.84. The molecule has 5 heteroatoms. The van der Waals surface area contributed by atoms with Crippen LogP contribution in [-0.2, 0) is 13.1 Å². The fraction of sp³-hybridized carbons (Fsp3) is 0.500. The van der Waals surface area contributed by atoms with Crippen LogP contribution in [0.15, 0.2) is 42.7 Å². The number of rotatable bonds is 7. The van der Waals surface area contributed by atoms with Gasteiger partial charge in [0, 0.05) is 44.6 Å². The summed E-state index contributed by atoms with van der Waals surface area (Å²) in [6.07, 6.45) is 8.59. The van der Waals surface area contributed by atoms with Crippen molar-refractivity contribution in [3.05, 3.63) is 53.9 Å². The van der Waals surface area contributed by atoms with E-state index in [0.29, 0.717) is 0 Å². The molecule has 1 fully saturated rings. The summed E-state index contributed by atoms with van der Waals surface area (Å²) in [4.78, 5) is 16.8. The van der Waals surface area contributed by atoms with Gasteiger partial charge < -0.3 is 4.90 Å². The first kappa shape index (κ1) is 17.7. The van der Waals surface area contributed by atoms with Crippen LogP contribution in [0.5, 0.6) is 0 Å². The normalized spacial score (nSPS) is 15.2. The second kappa shape index (κ2) is 8.81. The molecule has 0 saturated carbocycles. The monoisotopic (exact) mass is 340 g/mol. The number of amides is 1. The number of nitrogens with zero attached hydrogens (tertiary/aromatic N) is 4. The van der Waals surface area contributed by atoms with Crippen LogP contribution < -0.4 is 0 Å². The molecule has 0 N–H and O–H groups in total. The SMILES string of the molecule is CN(CCCn1cccn1)C(=O)c1ccc(CN2CCCCC2)cc1. The Morgan fingerprint density at radius 3 is 2.60 bits per heavy atom. The van der Waals surface area contributed by atoms with E-state index in [1.54, 1.807) is 11.1 Å². The molecule has 1 saturated heterocycles. The number of aromatic nitrogens is 2. The van der Waals surface area contributed by atoms with Crippen molar-refractivity contribution in [2.24, 2.45) is 0 Å². The Hall–Kier alpha value is -2.14. The zero-order chi connectivity index (χ0) is 17.5. The van der Waals surface area contributed by atoms with Crippen molar-refractivity contribution in [1.29, 1.82) is 0 Å². The van der Waals surface area contributed by atoms with Gasteiger partial charge in [-0.3, -0.25) is 14.4 Å². The van der Waals surface area contributed by atoms with Gasteiger partial charge in [0.25, 0.3) is 5.91 Å². The van der Waals surface area contributed by atoms with Crippen LogP contribution in [0.25, 0.3) is 0 Å². The van der Waals surface area contributed by atoms with Gasteiger partial charge in [0.1, 0.15) is 0 Å². The Morgan fingerprint density at radius 1 is 1.16 bits per heavy atom. The topological polar surface area (TPSA) is 41.4 Å². The molecule has 1 aromatic heterocycles.